The molecule has 9 heteroatoms. The zero-order valence-corrected chi connectivity index (χ0v) is 16.7. The van der Waals surface area contributed by atoms with Crippen molar-refractivity contribution < 1.29 is 27.8 Å². The van der Waals surface area contributed by atoms with Gasteiger partial charge in [-0.3, -0.25) is 4.79 Å². The predicted molar refractivity (Wildman–Crippen MR) is 107 cm³/mol. The van der Waals surface area contributed by atoms with Crippen LogP contribution in [-0.4, -0.2) is 42.5 Å². The number of carbonyl (C=O) groups is 1. The van der Waals surface area contributed by atoms with Crippen molar-refractivity contribution >= 4 is 28.9 Å². The maximum Gasteiger partial charge on any atom is 0.224 e. The topological polar surface area (TPSA) is 61.8 Å². The molecule has 4 rings (SSSR count). The van der Waals surface area contributed by atoms with E-state index in [2.05, 4.69) is 5.32 Å². The lowest BCUT2D eigenvalue weighted by atomic mass is 9.90. The first-order valence-corrected chi connectivity index (χ1v) is 9.95. The first-order valence-electron chi connectivity index (χ1n) is 9.57. The van der Waals surface area contributed by atoms with Gasteiger partial charge in [-0.25, -0.2) is 13.2 Å². The minimum atomic E-state index is -1.75. The van der Waals surface area contributed by atoms with Crippen LogP contribution in [0.3, 0.4) is 0 Å². The van der Waals surface area contributed by atoms with Gasteiger partial charge >= 0.3 is 0 Å². The Balaban J connectivity index is 1.46. The highest BCUT2D eigenvalue weighted by Gasteiger charge is 2.43. The fourth-order valence-electron chi connectivity index (χ4n) is 3.82. The van der Waals surface area contributed by atoms with Crippen molar-refractivity contribution in [3.63, 3.8) is 0 Å². The largest absolute Gasteiger partial charge is 0.490 e. The Morgan fingerprint density at radius 2 is 2.07 bits per heavy atom. The summed E-state index contributed by atoms with van der Waals surface area (Å²) >= 11 is 6.06. The van der Waals surface area contributed by atoms with Gasteiger partial charge in [-0.15, -0.1) is 0 Å². The number of ether oxygens (including phenoxy) is 1. The molecule has 0 spiro atoms. The lowest BCUT2D eigenvalue weighted by molar-refractivity contribution is -0.116. The molecular weight excluding hydrogens is 421 g/mol. The number of nitrogens with zero attached hydrogens (tertiary/aromatic N) is 1. The van der Waals surface area contributed by atoms with E-state index in [0.29, 0.717) is 30.0 Å². The summed E-state index contributed by atoms with van der Waals surface area (Å²) in [6.07, 6.45) is -1.11. The second-order valence-corrected chi connectivity index (χ2v) is 8.01. The summed E-state index contributed by atoms with van der Waals surface area (Å²) in [7, 11) is 0. The van der Waals surface area contributed by atoms with Crippen molar-refractivity contribution in [3.05, 3.63) is 52.6 Å². The number of alkyl halides is 1. The van der Waals surface area contributed by atoms with Crippen molar-refractivity contribution in [2.24, 2.45) is 0 Å². The molecule has 1 amide bonds. The minimum absolute atomic E-state index is 0.0575. The molecule has 160 valence electrons. The van der Waals surface area contributed by atoms with Crippen LogP contribution in [0.25, 0.3) is 0 Å². The molecule has 5 nitrogen and oxygen atoms in total. The molecule has 1 fully saturated rings. The number of piperidine rings is 1. The normalized spacial score (nSPS) is 23.7. The summed E-state index contributed by atoms with van der Waals surface area (Å²) in [4.78, 5) is 13.2. The molecule has 2 aliphatic heterocycles. The highest BCUT2D eigenvalue weighted by molar-refractivity contribution is 6.33. The van der Waals surface area contributed by atoms with Gasteiger partial charge in [0.25, 0.3) is 0 Å². The van der Waals surface area contributed by atoms with Crippen LogP contribution in [0.2, 0.25) is 5.02 Å². The third-order valence-electron chi connectivity index (χ3n) is 5.59. The van der Waals surface area contributed by atoms with E-state index in [4.69, 9.17) is 16.3 Å². The van der Waals surface area contributed by atoms with Crippen LogP contribution in [0.15, 0.2) is 30.3 Å². The number of anilines is 2. The van der Waals surface area contributed by atoms with E-state index >= 15 is 0 Å². The van der Waals surface area contributed by atoms with Gasteiger partial charge in [-0.1, -0.05) is 11.6 Å². The number of nitrogens with one attached hydrogen (secondary N) is 1. The molecule has 2 atom stereocenters. The van der Waals surface area contributed by atoms with Gasteiger partial charge in [0.2, 0.25) is 5.91 Å². The van der Waals surface area contributed by atoms with E-state index in [0.717, 1.165) is 12.1 Å². The maximum absolute atomic E-state index is 14.9. The molecule has 2 N–H and O–H groups in total. The van der Waals surface area contributed by atoms with E-state index in [1.807, 2.05) is 0 Å². The summed E-state index contributed by atoms with van der Waals surface area (Å²) in [5.41, 5.74) is -0.702. The summed E-state index contributed by atoms with van der Waals surface area (Å²) in [6.45, 7) is -0.169. The lowest BCUT2D eigenvalue weighted by Gasteiger charge is -2.41. The predicted octanol–water partition coefficient (Wildman–Crippen LogP) is 3.86. The average molecular weight is 441 g/mol. The van der Waals surface area contributed by atoms with Crippen LogP contribution in [0, 0.1) is 11.6 Å². The zero-order chi connectivity index (χ0) is 21.5. The third kappa shape index (κ3) is 3.94. The summed E-state index contributed by atoms with van der Waals surface area (Å²) in [5.74, 6) is -1.04. The Hall–Kier alpha value is -2.45. The van der Waals surface area contributed by atoms with E-state index < -0.39 is 23.4 Å². The molecule has 2 aliphatic rings. The number of aliphatic hydroxyl groups is 1. The Kier molecular flexibility index (Phi) is 5.55. The average Bonchev–Trinajstić information content (AvgIpc) is 2.70. The van der Waals surface area contributed by atoms with Gasteiger partial charge in [0.05, 0.1) is 22.9 Å². The van der Waals surface area contributed by atoms with Gasteiger partial charge in [0.15, 0.2) is 0 Å². The molecule has 2 aromatic carbocycles. The van der Waals surface area contributed by atoms with Crippen LogP contribution >= 0.6 is 11.6 Å². The minimum Gasteiger partial charge on any atom is -0.490 e. The monoisotopic (exact) mass is 440 g/mol. The zero-order valence-electron chi connectivity index (χ0n) is 15.9. The molecule has 2 aromatic rings. The smallest absolute Gasteiger partial charge is 0.224 e. The highest BCUT2D eigenvalue weighted by Crippen LogP contribution is 2.36. The third-order valence-corrected chi connectivity index (χ3v) is 5.89. The van der Waals surface area contributed by atoms with Crippen molar-refractivity contribution in [1.82, 2.24) is 0 Å². The number of benzene rings is 2. The van der Waals surface area contributed by atoms with Crippen LogP contribution < -0.4 is 15.0 Å². The number of hydrogen-bond acceptors (Lipinski definition) is 4. The summed E-state index contributed by atoms with van der Waals surface area (Å²) < 4.78 is 47.9. The highest BCUT2D eigenvalue weighted by atomic mass is 35.5. The van der Waals surface area contributed by atoms with E-state index in [1.54, 1.807) is 4.90 Å². The van der Waals surface area contributed by atoms with Gasteiger partial charge in [0.1, 0.15) is 35.8 Å². The molecule has 0 saturated carbocycles. The lowest BCUT2D eigenvalue weighted by Crippen LogP contribution is -2.56. The molecule has 2 heterocycles. The van der Waals surface area contributed by atoms with Gasteiger partial charge < -0.3 is 20.1 Å². The molecule has 0 aliphatic carbocycles. The fourth-order valence-corrected chi connectivity index (χ4v) is 4.11. The molecule has 0 unspecified atom stereocenters. The first-order chi connectivity index (χ1) is 14.3. The second kappa shape index (κ2) is 8.00. The SMILES string of the molecule is O=C1CCc2c(OC[C@]3(O)CCN(c4ccc(F)cc4Cl)C[C@@H]3F)ccc(F)c2N1. The van der Waals surface area contributed by atoms with E-state index in [-0.39, 0.29) is 42.6 Å². The Morgan fingerprint density at radius 3 is 2.80 bits per heavy atom. The van der Waals surface area contributed by atoms with Crippen LogP contribution in [0.5, 0.6) is 5.75 Å². The van der Waals surface area contributed by atoms with Crippen molar-refractivity contribution in [2.45, 2.75) is 31.0 Å². The number of rotatable bonds is 4. The number of halogens is 4. The number of carbonyl (C=O) groups excluding carboxylic acids is 1. The molecular formula is C21H20ClF3N2O3. The standard InChI is InChI=1S/C21H20ClF3N2O3/c22-14-9-12(23)1-4-16(14)27-8-7-21(29,18(25)10-27)11-30-17-5-3-15(24)20-13(17)2-6-19(28)26-20/h1,3-5,9,18,29H,2,6-8,10-11H2,(H,26,28)/t18-,21+/m0/s1. The maximum atomic E-state index is 14.9. The van der Waals surface area contributed by atoms with Crippen LogP contribution in [-0.2, 0) is 11.2 Å². The molecule has 0 bridgehead atoms. The first kappa shape index (κ1) is 20.8. The molecule has 0 radical (unpaired) electrons. The number of fused-ring (bicyclic) bond motifs is 1. The van der Waals surface area contributed by atoms with Crippen LogP contribution in [0.4, 0.5) is 24.5 Å². The van der Waals surface area contributed by atoms with E-state index in [9.17, 15) is 23.1 Å². The van der Waals surface area contributed by atoms with Crippen molar-refractivity contribution in [1.29, 1.82) is 0 Å². The van der Waals surface area contributed by atoms with Crippen LogP contribution in [0.1, 0.15) is 18.4 Å². The number of hydrogen-bond donors (Lipinski definition) is 2. The fraction of sp³-hybridized carbons (Fsp3) is 0.381. The quantitative estimate of drug-likeness (QED) is 0.758. The Bertz CT molecular complexity index is 990. The molecule has 0 aromatic heterocycles. The van der Waals surface area contributed by atoms with Gasteiger partial charge in [0, 0.05) is 18.5 Å². The Morgan fingerprint density at radius 1 is 1.27 bits per heavy atom. The molecule has 30 heavy (non-hydrogen) atoms. The van der Waals surface area contributed by atoms with Gasteiger partial charge in [-0.2, -0.15) is 0 Å². The van der Waals surface area contributed by atoms with Crippen molar-refractivity contribution in [3.8, 4) is 5.75 Å². The van der Waals surface area contributed by atoms with E-state index in [1.165, 1.54) is 18.2 Å². The molecule has 1 saturated heterocycles. The number of amides is 1. The summed E-state index contributed by atoms with van der Waals surface area (Å²) in [6, 6.07) is 6.45. The Labute approximate surface area is 176 Å². The van der Waals surface area contributed by atoms with Gasteiger partial charge in [-0.05, 0) is 43.2 Å². The van der Waals surface area contributed by atoms with Crippen molar-refractivity contribution in [2.75, 3.05) is 29.9 Å². The second-order valence-electron chi connectivity index (χ2n) is 7.60. The summed E-state index contributed by atoms with van der Waals surface area (Å²) in [5, 5.41) is 13.5.